The van der Waals surface area contributed by atoms with Gasteiger partial charge in [-0.1, -0.05) is 34.1 Å². The first-order valence-electron chi connectivity index (χ1n) is 7.17. The molecule has 0 N–H and O–H groups in total. The van der Waals surface area contributed by atoms with Crippen LogP contribution in [-0.4, -0.2) is 12.4 Å². The van der Waals surface area contributed by atoms with Gasteiger partial charge in [-0.15, -0.1) is 0 Å². The fraction of sp³-hybridized carbons (Fsp3) is 0.278. The molecule has 3 heteroatoms. The Bertz CT molecular complexity index is 692. The van der Waals surface area contributed by atoms with Crippen molar-refractivity contribution in [3.8, 4) is 5.75 Å². The molecular weight excluding hydrogens is 328 g/mol. The second-order valence-electron chi connectivity index (χ2n) is 5.42. The number of carbonyl (C=O) groups excluding carboxylic acids is 1. The fourth-order valence-electron chi connectivity index (χ4n) is 2.73. The summed E-state index contributed by atoms with van der Waals surface area (Å²) >= 11 is 3.43. The highest BCUT2D eigenvalue weighted by Crippen LogP contribution is 2.26. The summed E-state index contributed by atoms with van der Waals surface area (Å²) in [5.74, 6) is 1.20. The zero-order valence-corrected chi connectivity index (χ0v) is 13.6. The lowest BCUT2D eigenvalue weighted by atomic mass is 9.98. The molecule has 0 saturated carbocycles. The van der Waals surface area contributed by atoms with E-state index in [0.717, 1.165) is 40.8 Å². The number of benzene rings is 2. The summed E-state index contributed by atoms with van der Waals surface area (Å²) < 4.78 is 6.51. The molecule has 1 aliphatic rings. The number of carbonyl (C=O) groups is 1. The molecule has 2 aromatic carbocycles. The van der Waals surface area contributed by atoms with Gasteiger partial charge in [-0.3, -0.25) is 4.79 Å². The Kier molecular flexibility index (Phi) is 4.11. The van der Waals surface area contributed by atoms with Crippen LogP contribution in [0.4, 0.5) is 0 Å². The van der Waals surface area contributed by atoms with E-state index in [9.17, 15) is 4.79 Å². The van der Waals surface area contributed by atoms with E-state index in [-0.39, 0.29) is 5.78 Å². The molecule has 2 aromatic rings. The highest BCUT2D eigenvalue weighted by atomic mass is 79.9. The van der Waals surface area contributed by atoms with Crippen molar-refractivity contribution in [2.24, 2.45) is 0 Å². The maximum atomic E-state index is 12.3. The summed E-state index contributed by atoms with van der Waals surface area (Å²) in [5, 5.41) is 0. The molecule has 0 fully saturated rings. The van der Waals surface area contributed by atoms with Crippen LogP contribution in [0.25, 0.3) is 0 Å². The van der Waals surface area contributed by atoms with Crippen LogP contribution >= 0.6 is 15.9 Å². The van der Waals surface area contributed by atoms with E-state index in [4.69, 9.17) is 4.74 Å². The van der Waals surface area contributed by atoms with Gasteiger partial charge in [-0.2, -0.15) is 0 Å². The number of Topliss-reactive ketones (excluding diaryl/α,β-unsaturated/α-hetero) is 1. The van der Waals surface area contributed by atoms with Crippen LogP contribution in [0.2, 0.25) is 0 Å². The van der Waals surface area contributed by atoms with Crippen LogP contribution in [-0.2, 0) is 12.8 Å². The number of hydrogen-bond acceptors (Lipinski definition) is 2. The van der Waals surface area contributed by atoms with Crippen LogP contribution in [0.3, 0.4) is 0 Å². The highest BCUT2D eigenvalue weighted by Gasteiger charge is 2.13. The first kappa shape index (κ1) is 14.3. The van der Waals surface area contributed by atoms with Gasteiger partial charge in [-0.05, 0) is 48.2 Å². The molecule has 2 nitrogen and oxygen atoms in total. The van der Waals surface area contributed by atoms with Crippen molar-refractivity contribution >= 4 is 21.7 Å². The largest absolute Gasteiger partial charge is 0.493 e. The fourth-order valence-corrected chi connectivity index (χ4v) is 3.20. The molecule has 1 heterocycles. The Morgan fingerprint density at radius 2 is 2.10 bits per heavy atom. The van der Waals surface area contributed by atoms with Gasteiger partial charge >= 0.3 is 0 Å². The molecule has 108 valence electrons. The molecule has 0 saturated heterocycles. The minimum Gasteiger partial charge on any atom is -0.493 e. The van der Waals surface area contributed by atoms with E-state index in [2.05, 4.69) is 28.1 Å². The van der Waals surface area contributed by atoms with Crippen molar-refractivity contribution in [3.05, 3.63) is 63.1 Å². The lowest BCUT2D eigenvalue weighted by molar-refractivity contribution is 0.0982. The second kappa shape index (κ2) is 6.02. The molecule has 1 aliphatic heterocycles. The zero-order chi connectivity index (χ0) is 14.8. The zero-order valence-electron chi connectivity index (χ0n) is 12.0. The molecule has 0 aromatic heterocycles. The summed E-state index contributed by atoms with van der Waals surface area (Å²) in [7, 11) is 0. The highest BCUT2D eigenvalue weighted by molar-refractivity contribution is 9.10. The molecule has 0 aliphatic carbocycles. The maximum absolute atomic E-state index is 12.3. The summed E-state index contributed by atoms with van der Waals surface area (Å²) in [4.78, 5) is 12.3. The van der Waals surface area contributed by atoms with E-state index < -0.39 is 0 Å². The number of aryl methyl sites for hydroxylation is 2. The number of hydrogen-bond donors (Lipinski definition) is 0. The molecular formula is C18H17BrO2. The van der Waals surface area contributed by atoms with E-state index >= 15 is 0 Å². The van der Waals surface area contributed by atoms with E-state index in [1.54, 1.807) is 0 Å². The van der Waals surface area contributed by atoms with Crippen molar-refractivity contribution in [2.45, 2.75) is 26.2 Å². The topological polar surface area (TPSA) is 26.3 Å². The predicted molar refractivity (Wildman–Crippen MR) is 87.2 cm³/mol. The van der Waals surface area contributed by atoms with Gasteiger partial charge in [0.2, 0.25) is 0 Å². The van der Waals surface area contributed by atoms with Gasteiger partial charge in [0.1, 0.15) is 5.75 Å². The normalized spacial score (nSPS) is 12.9. The average Bonchev–Trinajstić information content (AvgIpc) is 2.92. The monoisotopic (exact) mass is 344 g/mol. The quantitative estimate of drug-likeness (QED) is 0.763. The molecule has 0 unspecified atom stereocenters. The average molecular weight is 345 g/mol. The minimum absolute atomic E-state index is 0.205. The molecule has 21 heavy (non-hydrogen) atoms. The van der Waals surface area contributed by atoms with E-state index in [0.29, 0.717) is 6.42 Å². The lowest BCUT2D eigenvalue weighted by Crippen LogP contribution is -2.03. The van der Waals surface area contributed by atoms with Crippen molar-refractivity contribution in [3.63, 3.8) is 0 Å². The SMILES string of the molecule is Cc1cc(Br)ccc1C(=O)CCc1ccc2c(c1)CCO2. The summed E-state index contributed by atoms with van der Waals surface area (Å²) in [6, 6.07) is 12.1. The molecule has 0 atom stereocenters. The van der Waals surface area contributed by atoms with Crippen molar-refractivity contribution in [2.75, 3.05) is 6.61 Å². The van der Waals surface area contributed by atoms with Gasteiger partial charge in [0.05, 0.1) is 6.61 Å². The predicted octanol–water partition coefficient (Wildman–Crippen LogP) is 4.51. The summed E-state index contributed by atoms with van der Waals surface area (Å²) in [6.07, 6.45) is 2.30. The van der Waals surface area contributed by atoms with Gasteiger partial charge in [0.15, 0.2) is 5.78 Å². The first-order valence-corrected chi connectivity index (χ1v) is 7.97. The van der Waals surface area contributed by atoms with Gasteiger partial charge in [-0.25, -0.2) is 0 Å². The Balaban J connectivity index is 1.68. The number of halogens is 1. The van der Waals surface area contributed by atoms with E-state index in [1.165, 1.54) is 11.1 Å². The third-order valence-corrected chi connectivity index (χ3v) is 4.38. The molecule has 0 amide bonds. The second-order valence-corrected chi connectivity index (χ2v) is 6.34. The van der Waals surface area contributed by atoms with E-state index in [1.807, 2.05) is 31.2 Å². The Hall–Kier alpha value is -1.61. The van der Waals surface area contributed by atoms with Crippen LogP contribution < -0.4 is 4.74 Å². The molecule has 0 spiro atoms. The van der Waals surface area contributed by atoms with Crippen LogP contribution in [0.15, 0.2) is 40.9 Å². The number of ether oxygens (including phenoxy) is 1. The minimum atomic E-state index is 0.205. The third-order valence-electron chi connectivity index (χ3n) is 3.88. The number of ketones is 1. The smallest absolute Gasteiger partial charge is 0.163 e. The Morgan fingerprint density at radius 3 is 2.90 bits per heavy atom. The van der Waals surface area contributed by atoms with Crippen LogP contribution in [0.1, 0.15) is 33.5 Å². The standard InChI is InChI=1S/C18H17BrO2/c1-12-10-15(19)4-5-16(12)17(20)6-2-13-3-7-18-14(11-13)8-9-21-18/h3-5,7,10-11H,2,6,8-9H2,1H3. The Morgan fingerprint density at radius 1 is 1.24 bits per heavy atom. The van der Waals surface area contributed by atoms with Gasteiger partial charge < -0.3 is 4.74 Å². The van der Waals surface area contributed by atoms with Gasteiger partial charge in [0, 0.05) is 22.9 Å². The van der Waals surface area contributed by atoms with Gasteiger partial charge in [0.25, 0.3) is 0 Å². The first-order chi connectivity index (χ1) is 10.1. The molecule has 0 radical (unpaired) electrons. The Labute approximate surface area is 133 Å². The van der Waals surface area contributed by atoms with Crippen molar-refractivity contribution in [1.82, 2.24) is 0 Å². The maximum Gasteiger partial charge on any atom is 0.163 e. The molecule has 3 rings (SSSR count). The molecule has 0 bridgehead atoms. The lowest BCUT2D eigenvalue weighted by Gasteiger charge is -2.07. The van der Waals surface area contributed by atoms with Crippen LogP contribution in [0.5, 0.6) is 5.75 Å². The number of fused-ring (bicyclic) bond motifs is 1. The van der Waals surface area contributed by atoms with Crippen LogP contribution in [0, 0.1) is 6.92 Å². The summed E-state index contributed by atoms with van der Waals surface area (Å²) in [6.45, 7) is 2.75. The van der Waals surface area contributed by atoms with Crippen molar-refractivity contribution < 1.29 is 9.53 Å². The number of rotatable bonds is 4. The summed E-state index contributed by atoms with van der Waals surface area (Å²) in [5.41, 5.74) is 4.32. The third kappa shape index (κ3) is 3.18. The van der Waals surface area contributed by atoms with Crippen molar-refractivity contribution in [1.29, 1.82) is 0 Å².